The predicted molar refractivity (Wildman–Crippen MR) is 136 cm³/mol. The van der Waals surface area contributed by atoms with Crippen molar-refractivity contribution in [2.75, 3.05) is 0 Å². The smallest absolute Gasteiger partial charge is 0.248 e. The Morgan fingerprint density at radius 2 is 1.76 bits per heavy atom. The second-order valence-corrected chi connectivity index (χ2v) is 11.1. The summed E-state index contributed by atoms with van der Waals surface area (Å²) in [4.78, 5) is 42.5. The van der Waals surface area contributed by atoms with E-state index >= 15 is 4.39 Å². The number of carbonyl (C=O) groups is 3. The molecule has 1 aliphatic carbocycles. The van der Waals surface area contributed by atoms with Gasteiger partial charge in [0.15, 0.2) is 11.6 Å². The summed E-state index contributed by atoms with van der Waals surface area (Å²) in [5.41, 5.74) is 0.426. The molecule has 1 aliphatic heterocycles. The van der Waals surface area contributed by atoms with Crippen LogP contribution in [0.2, 0.25) is 0 Å². The van der Waals surface area contributed by atoms with E-state index in [1.807, 2.05) is 44.2 Å². The molecule has 1 unspecified atom stereocenters. The monoisotopic (exact) mass is 522 g/mol. The van der Waals surface area contributed by atoms with Crippen molar-refractivity contribution < 1.29 is 23.2 Å². The molecule has 3 amide bonds. The van der Waals surface area contributed by atoms with Gasteiger partial charge in [-0.15, -0.1) is 0 Å². The van der Waals surface area contributed by atoms with Crippen LogP contribution in [0, 0.1) is 34.8 Å². The summed E-state index contributed by atoms with van der Waals surface area (Å²) >= 11 is 0. The third kappa shape index (κ3) is 5.26. The first-order valence-electron chi connectivity index (χ1n) is 12.8. The number of benzene rings is 2. The molecule has 9 heteroatoms. The molecule has 0 aromatic heterocycles. The van der Waals surface area contributed by atoms with E-state index in [2.05, 4.69) is 10.6 Å². The maximum absolute atomic E-state index is 15.2. The lowest BCUT2D eigenvalue weighted by molar-refractivity contribution is -0.158. The number of nitriles is 1. The highest BCUT2D eigenvalue weighted by Gasteiger charge is 2.50. The van der Waals surface area contributed by atoms with E-state index in [0.717, 1.165) is 22.1 Å². The molecule has 1 saturated heterocycles. The molecule has 0 saturated carbocycles. The van der Waals surface area contributed by atoms with Gasteiger partial charge in [-0.2, -0.15) is 5.26 Å². The van der Waals surface area contributed by atoms with Crippen LogP contribution in [0.15, 0.2) is 42.5 Å². The minimum Gasteiger partial charge on any atom is -0.342 e. The molecule has 0 radical (unpaired) electrons. The van der Waals surface area contributed by atoms with Gasteiger partial charge in [-0.3, -0.25) is 14.4 Å². The van der Waals surface area contributed by atoms with E-state index in [4.69, 9.17) is 0 Å². The number of amides is 3. The standard InChI is InChI=1S/C29H32F2N4O3/c1-16(2)12-22-26(36)33-24(19-13-17-8-5-6-9-18(17)14-19)28(38)35(22)25(27(37)34-29(3,4)15-32)20-10-7-11-21(30)23(20)31/h5-11,16,19,22,24-25H,12-14H2,1-4H3,(H,33,36)(H,34,37)/t22-,24-,25?/m1/s1. The number of piperazine rings is 1. The molecule has 7 nitrogen and oxygen atoms in total. The maximum atomic E-state index is 15.2. The zero-order valence-corrected chi connectivity index (χ0v) is 21.9. The van der Waals surface area contributed by atoms with Crippen molar-refractivity contribution in [1.82, 2.24) is 15.5 Å². The summed E-state index contributed by atoms with van der Waals surface area (Å²) < 4.78 is 29.6. The quantitative estimate of drug-likeness (QED) is 0.580. The topological polar surface area (TPSA) is 102 Å². The molecule has 38 heavy (non-hydrogen) atoms. The van der Waals surface area contributed by atoms with Gasteiger partial charge in [-0.05, 0) is 62.1 Å². The van der Waals surface area contributed by atoms with Crippen LogP contribution in [-0.4, -0.2) is 40.2 Å². The molecule has 3 atom stereocenters. The van der Waals surface area contributed by atoms with Crippen LogP contribution in [0.5, 0.6) is 0 Å². The minimum atomic E-state index is -1.66. The van der Waals surface area contributed by atoms with E-state index in [1.165, 1.54) is 26.0 Å². The molecular weight excluding hydrogens is 490 g/mol. The third-order valence-electron chi connectivity index (χ3n) is 7.22. The number of carbonyl (C=O) groups excluding carboxylic acids is 3. The van der Waals surface area contributed by atoms with Crippen molar-refractivity contribution in [1.29, 1.82) is 5.26 Å². The number of nitrogens with zero attached hydrogens (tertiary/aromatic N) is 2. The van der Waals surface area contributed by atoms with E-state index in [9.17, 15) is 24.0 Å². The largest absolute Gasteiger partial charge is 0.342 e. The van der Waals surface area contributed by atoms with E-state index in [0.29, 0.717) is 12.8 Å². The molecule has 1 heterocycles. The second-order valence-electron chi connectivity index (χ2n) is 11.1. The number of nitrogens with one attached hydrogen (secondary N) is 2. The summed E-state index contributed by atoms with van der Waals surface area (Å²) in [6, 6.07) is 9.44. The number of halogens is 2. The van der Waals surface area contributed by atoms with Gasteiger partial charge in [0.1, 0.15) is 23.7 Å². The summed E-state index contributed by atoms with van der Waals surface area (Å²) in [6.45, 7) is 6.65. The van der Waals surface area contributed by atoms with Crippen molar-refractivity contribution in [3.05, 3.63) is 70.8 Å². The van der Waals surface area contributed by atoms with E-state index < -0.39 is 53.0 Å². The van der Waals surface area contributed by atoms with Crippen molar-refractivity contribution in [3.8, 4) is 6.07 Å². The fourth-order valence-electron chi connectivity index (χ4n) is 5.43. The zero-order chi connectivity index (χ0) is 27.8. The Labute approximate surface area is 221 Å². The van der Waals surface area contributed by atoms with E-state index in [-0.39, 0.29) is 23.8 Å². The fourth-order valence-corrected chi connectivity index (χ4v) is 5.43. The SMILES string of the molecule is CC(C)C[C@@H]1C(=O)N[C@H](C2Cc3ccccc3C2)C(=O)N1C(C(=O)NC(C)(C)C#N)c1cccc(F)c1F. The molecule has 1 fully saturated rings. The Hall–Kier alpha value is -3.80. The van der Waals surface area contributed by atoms with Crippen LogP contribution in [0.3, 0.4) is 0 Å². The first kappa shape index (κ1) is 27.2. The van der Waals surface area contributed by atoms with Crippen molar-refractivity contribution >= 4 is 17.7 Å². The van der Waals surface area contributed by atoms with Gasteiger partial charge in [0.2, 0.25) is 17.7 Å². The first-order chi connectivity index (χ1) is 17.9. The Kier molecular flexibility index (Phi) is 7.54. The summed E-state index contributed by atoms with van der Waals surface area (Å²) in [7, 11) is 0. The summed E-state index contributed by atoms with van der Waals surface area (Å²) in [5, 5.41) is 14.9. The highest BCUT2D eigenvalue weighted by Crippen LogP contribution is 2.36. The van der Waals surface area contributed by atoms with Crippen LogP contribution in [0.4, 0.5) is 8.78 Å². The summed E-state index contributed by atoms with van der Waals surface area (Å²) in [6.07, 6.45) is 1.32. The van der Waals surface area contributed by atoms with Crippen molar-refractivity contribution in [2.45, 2.75) is 70.6 Å². The second kappa shape index (κ2) is 10.5. The number of rotatable bonds is 7. The lowest BCUT2D eigenvalue weighted by Gasteiger charge is -2.45. The molecule has 0 bridgehead atoms. The number of fused-ring (bicyclic) bond motifs is 1. The van der Waals surface area contributed by atoms with E-state index in [1.54, 1.807) is 0 Å². The number of hydrogen-bond donors (Lipinski definition) is 2. The maximum Gasteiger partial charge on any atom is 0.248 e. The average Bonchev–Trinajstić information content (AvgIpc) is 3.29. The van der Waals surface area contributed by atoms with Gasteiger partial charge in [-0.1, -0.05) is 50.2 Å². The Balaban J connectivity index is 1.81. The molecule has 2 aromatic rings. The molecule has 2 aromatic carbocycles. The van der Waals surface area contributed by atoms with Crippen LogP contribution in [0.1, 0.15) is 56.8 Å². The summed E-state index contributed by atoms with van der Waals surface area (Å²) in [5.74, 6) is -4.63. The highest BCUT2D eigenvalue weighted by atomic mass is 19.2. The normalized spacial score (nSPS) is 20.6. The Morgan fingerprint density at radius 3 is 2.34 bits per heavy atom. The van der Waals surface area contributed by atoms with Crippen molar-refractivity contribution in [2.24, 2.45) is 11.8 Å². The average molecular weight is 523 g/mol. The number of hydrogen-bond acceptors (Lipinski definition) is 4. The Bertz CT molecular complexity index is 1280. The van der Waals surface area contributed by atoms with Crippen LogP contribution < -0.4 is 10.6 Å². The zero-order valence-electron chi connectivity index (χ0n) is 21.9. The van der Waals surface area contributed by atoms with Gasteiger partial charge in [0.25, 0.3) is 0 Å². The lowest BCUT2D eigenvalue weighted by Crippen LogP contribution is -2.67. The predicted octanol–water partition coefficient (Wildman–Crippen LogP) is 3.58. The van der Waals surface area contributed by atoms with Gasteiger partial charge in [0, 0.05) is 5.56 Å². The Morgan fingerprint density at radius 1 is 1.13 bits per heavy atom. The minimum absolute atomic E-state index is 0.0510. The molecule has 2 aliphatic rings. The highest BCUT2D eigenvalue weighted by molar-refractivity contribution is 6.00. The van der Waals surface area contributed by atoms with Crippen LogP contribution in [-0.2, 0) is 27.2 Å². The molecule has 4 rings (SSSR count). The van der Waals surface area contributed by atoms with Crippen molar-refractivity contribution in [3.63, 3.8) is 0 Å². The molecule has 2 N–H and O–H groups in total. The van der Waals surface area contributed by atoms with Gasteiger partial charge in [-0.25, -0.2) is 8.78 Å². The third-order valence-corrected chi connectivity index (χ3v) is 7.22. The van der Waals surface area contributed by atoms with Gasteiger partial charge in [0.05, 0.1) is 6.07 Å². The molecular formula is C29H32F2N4O3. The van der Waals surface area contributed by atoms with Gasteiger partial charge < -0.3 is 15.5 Å². The lowest BCUT2D eigenvalue weighted by atomic mass is 9.87. The van der Waals surface area contributed by atoms with Crippen LogP contribution in [0.25, 0.3) is 0 Å². The van der Waals surface area contributed by atoms with Crippen LogP contribution >= 0.6 is 0 Å². The van der Waals surface area contributed by atoms with Gasteiger partial charge >= 0.3 is 0 Å². The first-order valence-corrected chi connectivity index (χ1v) is 12.8. The molecule has 0 spiro atoms. The molecule has 200 valence electrons. The fraction of sp³-hybridized carbons (Fsp3) is 0.448.